The van der Waals surface area contributed by atoms with E-state index in [-0.39, 0.29) is 11.8 Å². The molecular formula is C37H36N12O2. The third-order valence-electron chi connectivity index (χ3n) is 9.39. The highest BCUT2D eigenvalue weighted by Gasteiger charge is 2.23. The largest absolute Gasteiger partial charge is 0.356 e. The van der Waals surface area contributed by atoms with Crippen molar-refractivity contribution in [2.45, 2.75) is 33.2 Å². The number of fused-ring (bicyclic) bond motifs is 2. The standard InChI is InChI=1S/C37H36N12O2/c1-23-17-24(2)49-35(43-23)31(19-42-49)37(51)44-28-9-7-26(8-10-28)32-21-48(46-45-32)20-27-5-3-4-6-29(27)36(50)39-18-25-12-15-47(16-13-25)34-30-11-14-38-33(30)40-22-41-34/h3-11,14,17,19,21-22,25H,12-13,15-16,18,20H2,1-2H3,(H,39,50)(H,44,51)(H,38,40,41). The number of amides is 2. The van der Waals surface area contributed by atoms with Gasteiger partial charge >= 0.3 is 0 Å². The number of benzene rings is 2. The summed E-state index contributed by atoms with van der Waals surface area (Å²) in [6, 6.07) is 18.9. The predicted molar refractivity (Wildman–Crippen MR) is 193 cm³/mol. The van der Waals surface area contributed by atoms with Crippen LogP contribution in [0.3, 0.4) is 0 Å². The number of anilines is 2. The Morgan fingerprint density at radius 2 is 1.78 bits per heavy atom. The number of aryl methyl sites for hydroxylation is 2. The smallest absolute Gasteiger partial charge is 0.261 e. The number of nitrogens with zero attached hydrogens (tertiary/aromatic N) is 9. The lowest BCUT2D eigenvalue weighted by atomic mass is 9.96. The molecule has 14 heteroatoms. The van der Waals surface area contributed by atoms with E-state index in [0.29, 0.717) is 47.2 Å². The molecule has 0 aliphatic carbocycles. The van der Waals surface area contributed by atoms with E-state index in [4.69, 9.17) is 0 Å². The summed E-state index contributed by atoms with van der Waals surface area (Å²) >= 11 is 0. The minimum atomic E-state index is -0.286. The Balaban J connectivity index is 0.868. The van der Waals surface area contributed by atoms with Crippen LogP contribution < -0.4 is 15.5 Å². The molecule has 0 unspecified atom stereocenters. The van der Waals surface area contributed by atoms with Gasteiger partial charge in [-0.3, -0.25) is 9.59 Å². The van der Waals surface area contributed by atoms with E-state index < -0.39 is 0 Å². The maximum atomic E-state index is 13.4. The summed E-state index contributed by atoms with van der Waals surface area (Å²) < 4.78 is 3.39. The molecule has 256 valence electrons. The van der Waals surface area contributed by atoms with Crippen LogP contribution in [0.15, 0.2) is 85.6 Å². The van der Waals surface area contributed by atoms with Crippen molar-refractivity contribution in [3.05, 3.63) is 114 Å². The Bertz CT molecular complexity index is 2370. The first-order valence-electron chi connectivity index (χ1n) is 16.9. The van der Waals surface area contributed by atoms with Gasteiger partial charge in [0.1, 0.15) is 29.0 Å². The van der Waals surface area contributed by atoms with Crippen LogP contribution in [0, 0.1) is 19.8 Å². The highest BCUT2D eigenvalue weighted by molar-refractivity contribution is 6.08. The first-order chi connectivity index (χ1) is 24.9. The maximum absolute atomic E-state index is 13.4. The molecule has 0 radical (unpaired) electrons. The lowest BCUT2D eigenvalue weighted by Gasteiger charge is -2.33. The van der Waals surface area contributed by atoms with Gasteiger partial charge in [-0.15, -0.1) is 5.10 Å². The molecule has 0 atom stereocenters. The van der Waals surface area contributed by atoms with Gasteiger partial charge in [0.2, 0.25) is 0 Å². The molecule has 14 nitrogen and oxygen atoms in total. The lowest BCUT2D eigenvalue weighted by Crippen LogP contribution is -2.39. The van der Waals surface area contributed by atoms with Crippen molar-refractivity contribution in [1.82, 2.24) is 49.9 Å². The zero-order valence-corrected chi connectivity index (χ0v) is 28.2. The van der Waals surface area contributed by atoms with Crippen LogP contribution in [0.2, 0.25) is 0 Å². The molecule has 0 saturated carbocycles. The van der Waals surface area contributed by atoms with Crippen molar-refractivity contribution in [2.24, 2.45) is 5.92 Å². The van der Waals surface area contributed by atoms with E-state index in [1.807, 2.05) is 86.9 Å². The molecule has 0 bridgehead atoms. The van der Waals surface area contributed by atoms with E-state index in [1.165, 1.54) is 6.20 Å². The van der Waals surface area contributed by atoms with E-state index in [2.05, 4.69) is 50.9 Å². The lowest BCUT2D eigenvalue weighted by molar-refractivity contribution is 0.0943. The fourth-order valence-corrected chi connectivity index (χ4v) is 6.71. The van der Waals surface area contributed by atoms with Gasteiger partial charge in [-0.2, -0.15) is 5.10 Å². The molecule has 0 spiro atoms. The summed E-state index contributed by atoms with van der Waals surface area (Å²) in [7, 11) is 0. The van der Waals surface area contributed by atoms with Crippen LogP contribution in [-0.4, -0.2) is 76.0 Å². The SMILES string of the molecule is Cc1cc(C)n2ncc(C(=O)Nc3ccc(-c4cn(Cc5ccccc5C(=O)NCC5CCN(c6ncnc7[nH]ccc67)CC5)nn4)cc3)c2n1. The first-order valence-corrected chi connectivity index (χ1v) is 16.9. The van der Waals surface area contributed by atoms with Crippen LogP contribution >= 0.6 is 0 Å². The molecule has 5 aromatic heterocycles. The van der Waals surface area contributed by atoms with Crippen molar-refractivity contribution >= 4 is 40.0 Å². The maximum Gasteiger partial charge on any atom is 0.261 e. The van der Waals surface area contributed by atoms with Gasteiger partial charge in [-0.25, -0.2) is 24.1 Å². The third kappa shape index (κ3) is 6.50. The minimum absolute atomic E-state index is 0.0963. The summed E-state index contributed by atoms with van der Waals surface area (Å²) in [5, 5.41) is 20.2. The molecule has 7 aromatic rings. The topological polar surface area (TPSA) is 164 Å². The highest BCUT2D eigenvalue weighted by atomic mass is 16.2. The van der Waals surface area contributed by atoms with Crippen LogP contribution in [0.5, 0.6) is 0 Å². The van der Waals surface area contributed by atoms with Crippen molar-refractivity contribution in [2.75, 3.05) is 29.9 Å². The molecular weight excluding hydrogens is 644 g/mol. The molecule has 6 heterocycles. The number of aromatic nitrogens is 9. The van der Waals surface area contributed by atoms with Crippen molar-refractivity contribution in [3.63, 3.8) is 0 Å². The average molecular weight is 681 g/mol. The minimum Gasteiger partial charge on any atom is -0.356 e. The molecule has 51 heavy (non-hydrogen) atoms. The number of carbonyl (C=O) groups is 2. The molecule has 3 N–H and O–H groups in total. The number of H-pyrrole nitrogens is 1. The fraction of sp³-hybridized carbons (Fsp3) is 0.243. The predicted octanol–water partition coefficient (Wildman–Crippen LogP) is 4.82. The summed E-state index contributed by atoms with van der Waals surface area (Å²) in [6.07, 6.45) is 8.80. The second-order valence-electron chi connectivity index (χ2n) is 12.9. The second-order valence-corrected chi connectivity index (χ2v) is 12.9. The normalized spacial score (nSPS) is 13.6. The average Bonchev–Trinajstić information content (AvgIpc) is 3.92. The van der Waals surface area contributed by atoms with Gasteiger partial charge in [0, 0.05) is 54.0 Å². The van der Waals surface area contributed by atoms with Crippen LogP contribution in [0.4, 0.5) is 11.5 Å². The van der Waals surface area contributed by atoms with Crippen molar-refractivity contribution in [3.8, 4) is 11.3 Å². The summed E-state index contributed by atoms with van der Waals surface area (Å²) in [5.41, 5.74) is 7.12. The molecule has 8 rings (SSSR count). The van der Waals surface area contributed by atoms with Crippen molar-refractivity contribution < 1.29 is 9.59 Å². The van der Waals surface area contributed by atoms with E-state index in [0.717, 1.165) is 65.3 Å². The number of aromatic amines is 1. The summed E-state index contributed by atoms with van der Waals surface area (Å²) in [6.45, 7) is 6.58. The number of rotatable bonds is 9. The Morgan fingerprint density at radius 3 is 2.63 bits per heavy atom. The Hall–Kier alpha value is -6.44. The van der Waals surface area contributed by atoms with Gasteiger partial charge in [0.05, 0.1) is 24.3 Å². The zero-order chi connectivity index (χ0) is 34.9. The Labute approximate surface area is 293 Å². The van der Waals surface area contributed by atoms with Crippen LogP contribution in [-0.2, 0) is 6.54 Å². The van der Waals surface area contributed by atoms with E-state index >= 15 is 0 Å². The Morgan fingerprint density at radius 1 is 0.961 bits per heavy atom. The van der Waals surface area contributed by atoms with Crippen LogP contribution in [0.25, 0.3) is 27.9 Å². The number of nitrogens with one attached hydrogen (secondary N) is 3. The molecule has 1 aliphatic rings. The van der Waals surface area contributed by atoms with Gasteiger partial charge in [-0.1, -0.05) is 35.5 Å². The Kier molecular flexibility index (Phi) is 8.39. The van der Waals surface area contributed by atoms with Crippen molar-refractivity contribution in [1.29, 1.82) is 0 Å². The first kappa shape index (κ1) is 31.8. The molecule has 2 amide bonds. The number of hydrogen-bond acceptors (Lipinski definition) is 9. The number of piperidine rings is 1. The second kappa shape index (κ2) is 13.5. The quantitative estimate of drug-likeness (QED) is 0.194. The van der Waals surface area contributed by atoms with Gasteiger partial charge < -0.3 is 20.5 Å². The van der Waals surface area contributed by atoms with Gasteiger partial charge in [0.25, 0.3) is 11.8 Å². The fourth-order valence-electron chi connectivity index (χ4n) is 6.71. The van der Waals surface area contributed by atoms with E-state index in [1.54, 1.807) is 15.5 Å². The summed E-state index contributed by atoms with van der Waals surface area (Å²) in [4.78, 5) is 45.2. The zero-order valence-electron chi connectivity index (χ0n) is 28.2. The molecule has 2 aromatic carbocycles. The highest BCUT2D eigenvalue weighted by Crippen LogP contribution is 2.27. The van der Waals surface area contributed by atoms with Gasteiger partial charge in [-0.05, 0) is 68.5 Å². The van der Waals surface area contributed by atoms with Crippen LogP contribution in [0.1, 0.15) is 50.5 Å². The van der Waals surface area contributed by atoms with E-state index in [9.17, 15) is 9.59 Å². The molecule has 1 saturated heterocycles. The van der Waals surface area contributed by atoms with Gasteiger partial charge in [0.15, 0.2) is 5.65 Å². The monoisotopic (exact) mass is 680 g/mol. The summed E-state index contributed by atoms with van der Waals surface area (Å²) in [5.74, 6) is 0.959. The third-order valence-corrected chi connectivity index (χ3v) is 9.39. The number of hydrogen-bond donors (Lipinski definition) is 3. The molecule has 1 aliphatic heterocycles. The number of carbonyl (C=O) groups excluding carboxylic acids is 2. The molecule has 1 fully saturated rings.